The molecule has 1 aromatic heterocycles. The predicted molar refractivity (Wildman–Crippen MR) is 74.9 cm³/mol. The molecule has 0 amide bonds. The van der Waals surface area contributed by atoms with Crippen LogP contribution >= 0.6 is 0 Å². The fraction of sp³-hybridized carbons (Fsp3) is 0.750. The summed E-state index contributed by atoms with van der Waals surface area (Å²) in [5.41, 5.74) is 0. The zero-order valence-electron chi connectivity index (χ0n) is 11.7. The molecular formula is C16H24N2O. The average molecular weight is 260 g/mol. The topological polar surface area (TPSA) is 28.4 Å². The first kappa shape index (κ1) is 12.0. The Kier molecular flexibility index (Phi) is 2.92. The molecule has 4 fully saturated rings. The molecule has 5 rings (SSSR count). The van der Waals surface area contributed by atoms with Crippen LogP contribution in [0.4, 0.5) is 0 Å². The molecule has 104 valence electrons. The van der Waals surface area contributed by atoms with E-state index in [9.17, 15) is 0 Å². The van der Waals surface area contributed by atoms with Crippen LogP contribution in [0.1, 0.15) is 43.9 Å². The molecule has 2 saturated heterocycles. The third kappa shape index (κ3) is 1.95. The molecule has 1 atom stereocenters. The lowest BCUT2D eigenvalue weighted by molar-refractivity contribution is -0.0862. The molecule has 3 nitrogen and oxygen atoms in total. The number of rotatable bonds is 4. The lowest BCUT2D eigenvalue weighted by Gasteiger charge is -2.58. The Labute approximate surface area is 115 Å². The molecule has 2 aliphatic carbocycles. The Morgan fingerprint density at radius 2 is 1.89 bits per heavy atom. The minimum Gasteiger partial charge on any atom is -0.468 e. The molecule has 2 saturated carbocycles. The summed E-state index contributed by atoms with van der Waals surface area (Å²) in [5, 5.41) is 3.36. The molecule has 0 spiro atoms. The Hall–Kier alpha value is -0.800. The van der Waals surface area contributed by atoms with E-state index >= 15 is 0 Å². The highest BCUT2D eigenvalue weighted by atomic mass is 16.3. The number of hydrogen-bond donors (Lipinski definition) is 1. The van der Waals surface area contributed by atoms with Crippen molar-refractivity contribution in [1.82, 2.24) is 10.2 Å². The third-order valence-corrected chi connectivity index (χ3v) is 5.56. The van der Waals surface area contributed by atoms with E-state index in [1.54, 1.807) is 0 Å². The van der Waals surface area contributed by atoms with Gasteiger partial charge in [-0.1, -0.05) is 0 Å². The zero-order chi connectivity index (χ0) is 12.8. The van der Waals surface area contributed by atoms with Crippen molar-refractivity contribution in [3.05, 3.63) is 24.2 Å². The standard InChI is InChI=1S/C16H24N2O/c1-17-10-15(16-3-2-4-19-16)18-13-6-11-5-12(8-13)9-14(18)7-11/h2-4,11-15,17H,5-10H2,1H3. The Morgan fingerprint density at radius 1 is 1.21 bits per heavy atom. The first-order valence-corrected chi connectivity index (χ1v) is 7.80. The van der Waals surface area contributed by atoms with E-state index in [-0.39, 0.29) is 0 Å². The van der Waals surface area contributed by atoms with Crippen LogP contribution in [0.5, 0.6) is 0 Å². The Bertz CT molecular complexity index is 400. The number of furan rings is 1. The lowest BCUT2D eigenvalue weighted by Crippen LogP contribution is -2.59. The van der Waals surface area contributed by atoms with E-state index in [2.05, 4.69) is 16.3 Å². The van der Waals surface area contributed by atoms with Crippen LogP contribution in [0.25, 0.3) is 0 Å². The first-order chi connectivity index (χ1) is 9.35. The molecular weight excluding hydrogens is 236 g/mol. The molecule has 0 aromatic carbocycles. The second-order valence-electron chi connectivity index (χ2n) is 6.75. The fourth-order valence-corrected chi connectivity index (χ4v) is 5.10. The molecule has 4 bridgehead atoms. The molecule has 3 heteroatoms. The van der Waals surface area contributed by atoms with E-state index in [1.165, 1.54) is 32.1 Å². The number of likely N-dealkylation sites (N-methyl/N-ethyl adjacent to an activating group) is 1. The van der Waals surface area contributed by atoms with Crippen LogP contribution in [0, 0.1) is 11.8 Å². The van der Waals surface area contributed by atoms with E-state index in [0.717, 1.165) is 36.2 Å². The fourth-order valence-electron chi connectivity index (χ4n) is 5.10. The van der Waals surface area contributed by atoms with Gasteiger partial charge in [0, 0.05) is 18.6 Å². The van der Waals surface area contributed by atoms with Gasteiger partial charge in [0.15, 0.2) is 0 Å². The van der Waals surface area contributed by atoms with E-state index in [1.807, 2.05) is 19.4 Å². The summed E-state index contributed by atoms with van der Waals surface area (Å²) in [7, 11) is 2.05. The summed E-state index contributed by atoms with van der Waals surface area (Å²) in [4.78, 5) is 2.79. The van der Waals surface area contributed by atoms with Crippen LogP contribution in [0.2, 0.25) is 0 Å². The SMILES string of the molecule is CNCC(c1ccco1)N1C2CC3CC(C2)CC1C3. The molecule has 1 N–H and O–H groups in total. The van der Waals surface area contributed by atoms with Crippen LogP contribution in [0.15, 0.2) is 22.8 Å². The largest absolute Gasteiger partial charge is 0.468 e. The highest BCUT2D eigenvalue weighted by Crippen LogP contribution is 2.51. The van der Waals surface area contributed by atoms with Gasteiger partial charge in [-0.15, -0.1) is 0 Å². The predicted octanol–water partition coefficient (Wildman–Crippen LogP) is 2.80. The summed E-state index contributed by atoms with van der Waals surface area (Å²) in [5.74, 6) is 3.18. The van der Waals surface area contributed by atoms with Crippen LogP contribution < -0.4 is 5.32 Å². The number of piperidine rings is 2. The maximum absolute atomic E-state index is 5.72. The summed E-state index contributed by atoms with van der Waals surface area (Å²) in [6.45, 7) is 0.996. The number of hydrogen-bond acceptors (Lipinski definition) is 3. The van der Waals surface area contributed by atoms with Gasteiger partial charge in [0.25, 0.3) is 0 Å². The van der Waals surface area contributed by atoms with E-state index in [0.29, 0.717) is 6.04 Å². The van der Waals surface area contributed by atoms with Gasteiger partial charge in [0.2, 0.25) is 0 Å². The molecule has 2 aliphatic heterocycles. The lowest BCUT2D eigenvalue weighted by atomic mass is 9.63. The van der Waals surface area contributed by atoms with E-state index < -0.39 is 0 Å². The smallest absolute Gasteiger partial charge is 0.122 e. The molecule has 4 aliphatic rings. The minimum atomic E-state index is 0.426. The zero-order valence-corrected chi connectivity index (χ0v) is 11.7. The van der Waals surface area contributed by atoms with Gasteiger partial charge in [0.1, 0.15) is 5.76 Å². The molecule has 0 radical (unpaired) electrons. The van der Waals surface area contributed by atoms with Gasteiger partial charge in [0.05, 0.1) is 12.3 Å². The third-order valence-electron chi connectivity index (χ3n) is 5.56. The van der Waals surface area contributed by atoms with Crippen molar-refractivity contribution in [3.8, 4) is 0 Å². The number of nitrogens with zero attached hydrogens (tertiary/aromatic N) is 1. The van der Waals surface area contributed by atoms with Crippen LogP contribution in [-0.2, 0) is 0 Å². The number of nitrogens with one attached hydrogen (secondary N) is 1. The maximum Gasteiger partial charge on any atom is 0.122 e. The summed E-state index contributed by atoms with van der Waals surface area (Å²) in [6, 6.07) is 6.21. The molecule has 3 heterocycles. The normalized spacial score (nSPS) is 38.8. The van der Waals surface area contributed by atoms with Crippen molar-refractivity contribution in [2.45, 2.75) is 50.2 Å². The minimum absolute atomic E-state index is 0.426. The molecule has 1 unspecified atom stereocenters. The van der Waals surface area contributed by atoms with E-state index in [4.69, 9.17) is 4.42 Å². The average Bonchev–Trinajstić information content (AvgIpc) is 2.89. The molecule has 1 aromatic rings. The van der Waals surface area contributed by atoms with Gasteiger partial charge >= 0.3 is 0 Å². The highest BCUT2D eigenvalue weighted by Gasteiger charge is 2.49. The van der Waals surface area contributed by atoms with Crippen molar-refractivity contribution < 1.29 is 4.42 Å². The van der Waals surface area contributed by atoms with Crippen molar-refractivity contribution in [2.75, 3.05) is 13.6 Å². The van der Waals surface area contributed by atoms with Gasteiger partial charge in [-0.25, -0.2) is 0 Å². The first-order valence-electron chi connectivity index (χ1n) is 7.80. The van der Waals surface area contributed by atoms with Crippen LogP contribution in [-0.4, -0.2) is 30.6 Å². The second kappa shape index (κ2) is 4.64. The van der Waals surface area contributed by atoms with Crippen molar-refractivity contribution in [2.24, 2.45) is 11.8 Å². The van der Waals surface area contributed by atoms with Crippen molar-refractivity contribution in [3.63, 3.8) is 0 Å². The Morgan fingerprint density at radius 3 is 2.42 bits per heavy atom. The summed E-state index contributed by atoms with van der Waals surface area (Å²) < 4.78 is 5.72. The van der Waals surface area contributed by atoms with Crippen molar-refractivity contribution >= 4 is 0 Å². The van der Waals surface area contributed by atoms with Crippen LogP contribution in [0.3, 0.4) is 0 Å². The second-order valence-corrected chi connectivity index (χ2v) is 6.75. The summed E-state index contributed by atoms with van der Waals surface area (Å²) in [6.07, 6.45) is 9.02. The highest BCUT2D eigenvalue weighted by molar-refractivity contribution is 5.11. The van der Waals surface area contributed by atoms with Crippen molar-refractivity contribution in [1.29, 1.82) is 0 Å². The quantitative estimate of drug-likeness (QED) is 0.902. The van der Waals surface area contributed by atoms with Gasteiger partial charge in [-0.05, 0) is 63.1 Å². The van der Waals surface area contributed by atoms with Gasteiger partial charge in [-0.2, -0.15) is 0 Å². The van der Waals surface area contributed by atoms with Gasteiger partial charge in [-0.3, -0.25) is 4.90 Å². The summed E-state index contributed by atoms with van der Waals surface area (Å²) >= 11 is 0. The Balaban J connectivity index is 1.62. The van der Waals surface area contributed by atoms with Gasteiger partial charge < -0.3 is 9.73 Å². The maximum atomic E-state index is 5.72. The molecule has 19 heavy (non-hydrogen) atoms. The monoisotopic (exact) mass is 260 g/mol.